The molecule has 29 heavy (non-hydrogen) atoms. The van der Waals surface area contributed by atoms with E-state index in [1.807, 2.05) is 17.9 Å². The van der Waals surface area contributed by atoms with Crippen molar-refractivity contribution in [3.63, 3.8) is 0 Å². The molecule has 2 heterocycles. The molecule has 0 spiro atoms. The van der Waals surface area contributed by atoms with Crippen LogP contribution >= 0.6 is 11.6 Å². The average Bonchev–Trinajstić information content (AvgIpc) is 2.83. The first-order valence-electron chi connectivity index (χ1n) is 10.4. The fourth-order valence-corrected chi connectivity index (χ4v) is 5.32. The smallest absolute Gasteiger partial charge is 0.409 e. The van der Waals surface area contributed by atoms with Gasteiger partial charge >= 0.3 is 6.09 Å². The van der Waals surface area contributed by atoms with Crippen LogP contribution < -0.4 is 5.73 Å². The maximum Gasteiger partial charge on any atom is 0.409 e. The van der Waals surface area contributed by atoms with Crippen LogP contribution in [0, 0.1) is 5.92 Å². The first kappa shape index (κ1) is 20.0. The lowest BCUT2D eigenvalue weighted by Crippen LogP contribution is -2.45. The van der Waals surface area contributed by atoms with Gasteiger partial charge in [-0.1, -0.05) is 17.7 Å². The van der Waals surface area contributed by atoms with Gasteiger partial charge in [-0.25, -0.2) is 4.79 Å². The number of carbonyl (C=O) groups is 1. The Morgan fingerprint density at radius 3 is 2.72 bits per heavy atom. The zero-order chi connectivity index (χ0) is 20.6. The molecule has 1 aromatic heterocycles. The minimum absolute atomic E-state index is 0.213. The number of rotatable bonds is 2. The van der Waals surface area contributed by atoms with Crippen LogP contribution in [0.2, 0.25) is 5.02 Å². The number of nitrogens with zero attached hydrogens (tertiary/aromatic N) is 2. The number of anilines is 1. The SMILES string of the molecule is CCOC(=O)N1CCC(C2(C)c3ccc(Cl)cc3CCc3cc(N)cnc32)CC1. The number of benzene rings is 1. The van der Waals surface area contributed by atoms with Crippen LogP contribution in [0.4, 0.5) is 10.5 Å². The summed E-state index contributed by atoms with van der Waals surface area (Å²) in [5, 5.41) is 0.765. The summed E-state index contributed by atoms with van der Waals surface area (Å²) in [6, 6.07) is 8.32. The van der Waals surface area contributed by atoms with Gasteiger partial charge in [-0.15, -0.1) is 0 Å². The maximum absolute atomic E-state index is 12.2. The summed E-state index contributed by atoms with van der Waals surface area (Å²) in [7, 11) is 0. The van der Waals surface area contributed by atoms with Crippen LogP contribution in [0.15, 0.2) is 30.5 Å². The number of pyridine rings is 1. The van der Waals surface area contributed by atoms with E-state index in [0.717, 1.165) is 36.4 Å². The van der Waals surface area contributed by atoms with E-state index in [1.165, 1.54) is 16.7 Å². The van der Waals surface area contributed by atoms with Crippen LogP contribution in [0.25, 0.3) is 0 Å². The zero-order valence-corrected chi connectivity index (χ0v) is 17.8. The molecular formula is C23H28ClN3O2. The van der Waals surface area contributed by atoms with E-state index in [4.69, 9.17) is 27.1 Å². The fourth-order valence-electron chi connectivity index (χ4n) is 5.13. The van der Waals surface area contributed by atoms with Gasteiger partial charge in [0.1, 0.15) is 0 Å². The van der Waals surface area contributed by atoms with E-state index >= 15 is 0 Å². The van der Waals surface area contributed by atoms with Gasteiger partial charge in [-0.3, -0.25) is 4.98 Å². The summed E-state index contributed by atoms with van der Waals surface area (Å²) in [5.41, 5.74) is 11.4. The molecule has 5 nitrogen and oxygen atoms in total. The zero-order valence-electron chi connectivity index (χ0n) is 17.1. The molecule has 2 aliphatic rings. The first-order valence-corrected chi connectivity index (χ1v) is 10.8. The third-order valence-electron chi connectivity index (χ3n) is 6.61. The number of hydrogen-bond donors (Lipinski definition) is 1. The first-order chi connectivity index (χ1) is 13.9. The summed E-state index contributed by atoms with van der Waals surface area (Å²) in [4.78, 5) is 18.8. The number of ether oxygens (including phenoxy) is 1. The van der Waals surface area contributed by atoms with Crippen LogP contribution in [0.1, 0.15) is 49.1 Å². The van der Waals surface area contributed by atoms with Crippen molar-refractivity contribution in [2.24, 2.45) is 5.92 Å². The highest BCUT2D eigenvalue weighted by Crippen LogP contribution is 2.48. The van der Waals surface area contributed by atoms with Crippen molar-refractivity contribution < 1.29 is 9.53 Å². The minimum atomic E-state index is -0.250. The van der Waals surface area contributed by atoms with Crippen molar-refractivity contribution in [1.82, 2.24) is 9.88 Å². The molecule has 1 atom stereocenters. The molecule has 4 rings (SSSR count). The van der Waals surface area contributed by atoms with E-state index in [2.05, 4.69) is 25.1 Å². The Morgan fingerprint density at radius 1 is 1.28 bits per heavy atom. The van der Waals surface area contributed by atoms with Gasteiger partial charge in [0.05, 0.1) is 24.2 Å². The minimum Gasteiger partial charge on any atom is -0.450 e. The number of nitrogens with two attached hydrogens (primary N) is 1. The normalized spacial score (nSPS) is 21.8. The number of hydrogen-bond acceptors (Lipinski definition) is 4. The number of aryl methyl sites for hydroxylation is 2. The topological polar surface area (TPSA) is 68.5 Å². The highest BCUT2D eigenvalue weighted by molar-refractivity contribution is 6.30. The van der Waals surface area contributed by atoms with Gasteiger partial charge < -0.3 is 15.4 Å². The lowest BCUT2D eigenvalue weighted by molar-refractivity contribution is 0.0840. The van der Waals surface area contributed by atoms with Gasteiger partial charge in [0, 0.05) is 23.5 Å². The Hall–Kier alpha value is -2.27. The molecular weight excluding hydrogens is 386 g/mol. The second kappa shape index (κ2) is 7.86. The number of nitrogen functional groups attached to an aromatic ring is 1. The summed E-state index contributed by atoms with van der Waals surface area (Å²) in [6.07, 6.45) is 5.19. The molecule has 2 N–H and O–H groups in total. The van der Waals surface area contributed by atoms with Crippen molar-refractivity contribution in [3.8, 4) is 0 Å². The second-order valence-electron chi connectivity index (χ2n) is 8.24. The lowest BCUT2D eigenvalue weighted by atomic mass is 9.64. The summed E-state index contributed by atoms with van der Waals surface area (Å²) in [6.45, 7) is 5.95. The third kappa shape index (κ3) is 3.57. The Morgan fingerprint density at radius 2 is 2.00 bits per heavy atom. The van der Waals surface area contributed by atoms with E-state index in [1.54, 1.807) is 6.20 Å². The molecule has 1 fully saturated rings. The molecule has 1 aliphatic heterocycles. The van der Waals surface area contributed by atoms with Gasteiger partial charge in [0.2, 0.25) is 0 Å². The lowest BCUT2D eigenvalue weighted by Gasteiger charge is -2.43. The molecule has 0 bridgehead atoms. The fraction of sp³-hybridized carbons (Fsp3) is 0.478. The number of fused-ring (bicyclic) bond motifs is 2. The average molecular weight is 414 g/mol. The third-order valence-corrected chi connectivity index (χ3v) is 6.84. The Bertz CT molecular complexity index is 869. The van der Waals surface area contributed by atoms with E-state index < -0.39 is 0 Å². The highest BCUT2D eigenvalue weighted by atomic mass is 35.5. The predicted molar refractivity (Wildman–Crippen MR) is 115 cm³/mol. The standard InChI is InChI=1S/C23H28ClN3O2/c1-3-29-22(28)27-10-8-17(9-11-27)23(2)20-7-6-18(24)12-15(20)4-5-16-13-19(25)14-26-21(16)23/h6-7,12-14,17H,3-5,8-11,25H2,1-2H3. The number of amides is 1. The van der Waals surface area contributed by atoms with Crippen molar-refractivity contribution in [2.45, 2.75) is 44.9 Å². The van der Waals surface area contributed by atoms with Gasteiger partial charge in [-0.2, -0.15) is 0 Å². The monoisotopic (exact) mass is 413 g/mol. The van der Waals surface area contributed by atoms with E-state index in [0.29, 0.717) is 31.3 Å². The Kier molecular flexibility index (Phi) is 5.43. The molecule has 1 amide bonds. The molecule has 2 aromatic rings. The molecule has 0 saturated carbocycles. The van der Waals surface area contributed by atoms with Crippen LogP contribution in [0.3, 0.4) is 0 Å². The van der Waals surface area contributed by atoms with Crippen molar-refractivity contribution in [3.05, 3.63) is 57.9 Å². The quantitative estimate of drug-likeness (QED) is 0.781. The largest absolute Gasteiger partial charge is 0.450 e. The summed E-state index contributed by atoms with van der Waals surface area (Å²) >= 11 is 6.34. The number of aromatic nitrogens is 1. The van der Waals surface area contributed by atoms with Crippen molar-refractivity contribution >= 4 is 23.4 Å². The molecule has 6 heteroatoms. The van der Waals surface area contributed by atoms with Crippen molar-refractivity contribution in [2.75, 3.05) is 25.4 Å². The molecule has 1 unspecified atom stereocenters. The molecule has 1 aliphatic carbocycles. The van der Waals surface area contributed by atoms with Gasteiger partial charge in [-0.05, 0) is 80.3 Å². The predicted octanol–water partition coefficient (Wildman–Crippen LogP) is 4.59. The van der Waals surface area contributed by atoms with Gasteiger partial charge in [0.25, 0.3) is 0 Å². The van der Waals surface area contributed by atoms with E-state index in [9.17, 15) is 4.79 Å². The van der Waals surface area contributed by atoms with Crippen LogP contribution in [-0.4, -0.2) is 35.7 Å². The van der Waals surface area contributed by atoms with Crippen LogP contribution in [-0.2, 0) is 23.0 Å². The van der Waals surface area contributed by atoms with Gasteiger partial charge in [0.15, 0.2) is 0 Å². The molecule has 0 radical (unpaired) electrons. The van der Waals surface area contributed by atoms with E-state index in [-0.39, 0.29) is 11.5 Å². The maximum atomic E-state index is 12.2. The number of carbonyl (C=O) groups excluding carboxylic acids is 1. The summed E-state index contributed by atoms with van der Waals surface area (Å²) in [5.74, 6) is 0.362. The molecule has 1 aromatic carbocycles. The number of halogens is 1. The Labute approximate surface area is 177 Å². The molecule has 1 saturated heterocycles. The Balaban J connectivity index is 1.74. The van der Waals surface area contributed by atoms with Crippen molar-refractivity contribution in [1.29, 1.82) is 0 Å². The number of piperidine rings is 1. The molecule has 154 valence electrons. The second-order valence-corrected chi connectivity index (χ2v) is 8.68. The highest BCUT2D eigenvalue weighted by Gasteiger charge is 2.44. The number of likely N-dealkylation sites (tertiary alicyclic amines) is 1. The summed E-state index contributed by atoms with van der Waals surface area (Å²) < 4.78 is 5.19. The van der Waals surface area contributed by atoms with Crippen LogP contribution in [0.5, 0.6) is 0 Å².